The molecule has 0 spiro atoms. The molecule has 2 aliphatic rings. The minimum absolute atomic E-state index is 0.0445. The molecule has 1 saturated carbocycles. The Morgan fingerprint density at radius 1 is 1.15 bits per heavy atom. The number of anilines is 1. The van der Waals surface area contributed by atoms with E-state index in [-0.39, 0.29) is 12.5 Å². The molecule has 1 aromatic carbocycles. The maximum Gasteiger partial charge on any atom is 0.416 e. The van der Waals surface area contributed by atoms with Gasteiger partial charge in [0.1, 0.15) is 18.2 Å². The van der Waals surface area contributed by atoms with Gasteiger partial charge < -0.3 is 14.5 Å². The number of methoxy groups -OCH3 is 1. The number of amides is 1. The Morgan fingerprint density at radius 2 is 1.88 bits per heavy atom. The first-order valence-corrected chi connectivity index (χ1v) is 11.4. The van der Waals surface area contributed by atoms with Gasteiger partial charge in [-0.15, -0.1) is 0 Å². The summed E-state index contributed by atoms with van der Waals surface area (Å²) in [6, 6.07) is 5.46. The van der Waals surface area contributed by atoms with E-state index in [0.717, 1.165) is 41.8 Å². The fourth-order valence-electron chi connectivity index (χ4n) is 4.24. The van der Waals surface area contributed by atoms with Crippen molar-refractivity contribution in [1.82, 2.24) is 14.9 Å². The number of aromatic nitrogens is 2. The number of halogens is 3. The number of hydrogen-bond donors (Lipinski definition) is 0. The number of alkyl halides is 3. The van der Waals surface area contributed by atoms with Crippen LogP contribution in [0.4, 0.5) is 19.0 Å². The van der Waals surface area contributed by atoms with E-state index < -0.39 is 11.7 Å². The fourth-order valence-corrected chi connectivity index (χ4v) is 4.24. The lowest BCUT2D eigenvalue weighted by molar-refractivity contribution is -0.137. The van der Waals surface area contributed by atoms with E-state index in [9.17, 15) is 18.0 Å². The molecule has 0 N–H and O–H groups in total. The molecule has 0 atom stereocenters. The lowest BCUT2D eigenvalue weighted by Gasteiger charge is -2.36. The summed E-state index contributed by atoms with van der Waals surface area (Å²) in [6.07, 6.45) is -1.25. The molecule has 178 valence electrons. The van der Waals surface area contributed by atoms with E-state index in [1.54, 1.807) is 11.0 Å². The summed E-state index contributed by atoms with van der Waals surface area (Å²) in [4.78, 5) is 25.8. The molecule has 1 amide bonds. The Balaban J connectivity index is 1.65. The largest absolute Gasteiger partial charge is 0.416 e. The highest BCUT2D eigenvalue weighted by atomic mass is 19.4. The van der Waals surface area contributed by atoms with Crippen LogP contribution in [0.3, 0.4) is 0 Å². The highest BCUT2D eigenvalue weighted by Crippen LogP contribution is 2.40. The quantitative estimate of drug-likeness (QED) is 0.626. The summed E-state index contributed by atoms with van der Waals surface area (Å²) in [5.74, 6) is 1.94. The number of hydrogen-bond acceptors (Lipinski definition) is 5. The molecular formula is C24H29F3N4O2. The van der Waals surface area contributed by atoms with Crippen molar-refractivity contribution >= 4 is 11.7 Å². The Hall–Kier alpha value is -2.68. The third-order valence-corrected chi connectivity index (χ3v) is 6.20. The first kappa shape index (κ1) is 23.5. The first-order valence-electron chi connectivity index (χ1n) is 11.4. The Morgan fingerprint density at radius 3 is 2.48 bits per heavy atom. The molecule has 9 heteroatoms. The van der Waals surface area contributed by atoms with E-state index in [1.165, 1.54) is 19.2 Å². The van der Waals surface area contributed by atoms with Gasteiger partial charge in [0.2, 0.25) is 5.91 Å². The van der Waals surface area contributed by atoms with E-state index >= 15 is 0 Å². The SMILES string of the molecule is CCc1nc(C2CC2)nc(N2CCN(C(=O)COC)CC2)c1Cc1cccc(C(F)(F)F)c1. The van der Waals surface area contributed by atoms with Gasteiger partial charge in [0, 0.05) is 56.9 Å². The van der Waals surface area contributed by atoms with E-state index in [1.807, 2.05) is 6.92 Å². The van der Waals surface area contributed by atoms with E-state index in [0.29, 0.717) is 50.5 Å². The van der Waals surface area contributed by atoms with Crippen LogP contribution >= 0.6 is 0 Å². The average molecular weight is 463 g/mol. The third-order valence-electron chi connectivity index (χ3n) is 6.20. The number of carbonyl (C=O) groups excluding carboxylic acids is 1. The van der Waals surface area contributed by atoms with Gasteiger partial charge in [0.15, 0.2) is 0 Å². The topological polar surface area (TPSA) is 58.6 Å². The van der Waals surface area contributed by atoms with Gasteiger partial charge in [-0.2, -0.15) is 13.2 Å². The summed E-state index contributed by atoms with van der Waals surface area (Å²) < 4.78 is 44.7. The summed E-state index contributed by atoms with van der Waals surface area (Å²) in [7, 11) is 1.50. The molecule has 0 bridgehead atoms. The lowest BCUT2D eigenvalue weighted by atomic mass is 9.99. The van der Waals surface area contributed by atoms with Crippen LogP contribution in [-0.2, 0) is 28.5 Å². The number of carbonyl (C=O) groups is 1. The van der Waals surface area contributed by atoms with Crippen molar-refractivity contribution in [3.8, 4) is 0 Å². The van der Waals surface area contributed by atoms with Gasteiger partial charge in [-0.25, -0.2) is 9.97 Å². The predicted octanol–water partition coefficient (Wildman–Crippen LogP) is 3.82. The monoisotopic (exact) mass is 462 g/mol. The molecule has 4 rings (SSSR count). The lowest BCUT2D eigenvalue weighted by Crippen LogP contribution is -2.50. The van der Waals surface area contributed by atoms with Crippen LogP contribution in [-0.4, -0.2) is 60.7 Å². The highest BCUT2D eigenvalue weighted by molar-refractivity contribution is 5.77. The van der Waals surface area contributed by atoms with Gasteiger partial charge in [-0.1, -0.05) is 25.1 Å². The molecule has 1 saturated heterocycles. The zero-order valence-electron chi connectivity index (χ0n) is 19.0. The van der Waals surface area contributed by atoms with Gasteiger partial charge in [-0.05, 0) is 30.9 Å². The molecular weight excluding hydrogens is 433 g/mol. The van der Waals surface area contributed by atoms with Crippen molar-refractivity contribution in [3.05, 3.63) is 52.5 Å². The van der Waals surface area contributed by atoms with Gasteiger partial charge in [0.25, 0.3) is 0 Å². The van der Waals surface area contributed by atoms with Crippen molar-refractivity contribution in [1.29, 1.82) is 0 Å². The van der Waals surface area contributed by atoms with Gasteiger partial charge in [0.05, 0.1) is 5.56 Å². The number of piperazine rings is 1. The third kappa shape index (κ3) is 5.46. The standard InChI is InChI=1S/C24H29F3N4O2/c1-3-20-19(14-16-5-4-6-18(13-16)24(25,26)27)23(29-22(28-20)17-7-8-17)31-11-9-30(10-12-31)21(32)15-33-2/h4-6,13,17H,3,7-12,14-15H2,1-2H3. The zero-order valence-corrected chi connectivity index (χ0v) is 19.0. The second kappa shape index (κ2) is 9.67. The second-order valence-corrected chi connectivity index (χ2v) is 8.63. The Labute approximate surface area is 191 Å². The highest BCUT2D eigenvalue weighted by Gasteiger charge is 2.32. The van der Waals surface area contributed by atoms with Crippen molar-refractivity contribution in [3.63, 3.8) is 0 Å². The summed E-state index contributed by atoms with van der Waals surface area (Å²) in [5.41, 5.74) is 1.69. The summed E-state index contributed by atoms with van der Waals surface area (Å²) in [6.45, 7) is 4.38. The number of aryl methyl sites for hydroxylation is 1. The number of nitrogens with zero attached hydrogens (tertiary/aromatic N) is 4. The van der Waals surface area contributed by atoms with Crippen LogP contribution in [0.25, 0.3) is 0 Å². The molecule has 33 heavy (non-hydrogen) atoms. The Bertz CT molecular complexity index is 1000. The smallest absolute Gasteiger partial charge is 0.375 e. The second-order valence-electron chi connectivity index (χ2n) is 8.63. The molecule has 2 heterocycles. The average Bonchev–Trinajstić information content (AvgIpc) is 3.65. The van der Waals surface area contributed by atoms with Crippen LogP contribution < -0.4 is 4.90 Å². The molecule has 1 aromatic heterocycles. The maximum atomic E-state index is 13.3. The van der Waals surface area contributed by atoms with E-state index in [4.69, 9.17) is 14.7 Å². The van der Waals surface area contributed by atoms with E-state index in [2.05, 4.69) is 4.90 Å². The molecule has 1 aliphatic carbocycles. The molecule has 2 fully saturated rings. The van der Waals surface area contributed by atoms with Crippen LogP contribution in [0.5, 0.6) is 0 Å². The molecule has 0 radical (unpaired) electrons. The first-order chi connectivity index (χ1) is 15.8. The fraction of sp³-hybridized carbons (Fsp3) is 0.542. The minimum Gasteiger partial charge on any atom is -0.375 e. The zero-order chi connectivity index (χ0) is 23.6. The summed E-state index contributed by atoms with van der Waals surface area (Å²) >= 11 is 0. The molecule has 6 nitrogen and oxygen atoms in total. The molecule has 2 aromatic rings. The number of ether oxygens (including phenoxy) is 1. The number of benzene rings is 1. The van der Waals surface area contributed by atoms with Gasteiger partial charge >= 0.3 is 6.18 Å². The minimum atomic E-state index is -4.39. The molecule has 1 aliphatic heterocycles. The Kier molecular flexibility index (Phi) is 6.88. The van der Waals surface area contributed by atoms with Gasteiger partial charge in [-0.3, -0.25) is 4.79 Å². The normalized spacial score (nSPS) is 16.9. The van der Waals surface area contributed by atoms with Crippen LogP contribution in [0.2, 0.25) is 0 Å². The van der Waals surface area contributed by atoms with Crippen molar-refractivity contribution < 1.29 is 22.7 Å². The summed E-state index contributed by atoms with van der Waals surface area (Å²) in [5, 5.41) is 0. The van der Waals surface area contributed by atoms with Crippen molar-refractivity contribution in [2.24, 2.45) is 0 Å². The van der Waals surface area contributed by atoms with Crippen LogP contribution in [0.1, 0.15) is 53.9 Å². The molecule has 0 unspecified atom stereocenters. The van der Waals surface area contributed by atoms with Crippen molar-refractivity contribution in [2.45, 2.75) is 44.7 Å². The number of rotatable bonds is 7. The predicted molar refractivity (Wildman–Crippen MR) is 118 cm³/mol. The van der Waals surface area contributed by atoms with Crippen LogP contribution in [0.15, 0.2) is 24.3 Å². The van der Waals surface area contributed by atoms with Crippen molar-refractivity contribution in [2.75, 3.05) is 44.8 Å². The maximum absolute atomic E-state index is 13.3. The van der Waals surface area contributed by atoms with Crippen LogP contribution in [0, 0.1) is 0 Å².